The number of amides is 2. The maximum Gasteiger partial charge on any atom is 0.279 e. The lowest BCUT2D eigenvalue weighted by atomic mass is 9.94. The van der Waals surface area contributed by atoms with Crippen LogP contribution in [0.2, 0.25) is 0 Å². The van der Waals surface area contributed by atoms with E-state index in [1.54, 1.807) is 12.1 Å². The fourth-order valence-electron chi connectivity index (χ4n) is 2.13. The largest absolute Gasteiger partial charge is 0.279 e. The van der Waals surface area contributed by atoms with Gasteiger partial charge in [-0.1, -0.05) is 43.7 Å². The quantitative estimate of drug-likeness (QED) is 0.773. The summed E-state index contributed by atoms with van der Waals surface area (Å²) in [5.74, 6) is -0.772. The Hall–Kier alpha value is -1.66. The van der Waals surface area contributed by atoms with Crippen LogP contribution < -0.4 is 10.9 Å². The molecule has 2 rings (SSSR count). The first-order valence-corrected chi connectivity index (χ1v) is 8.63. The van der Waals surface area contributed by atoms with E-state index in [0.717, 1.165) is 22.2 Å². The number of carbonyl (C=O) groups excluding carboxylic acids is 2. The molecule has 0 saturated heterocycles. The molecule has 1 aromatic heterocycles. The third-order valence-corrected chi connectivity index (χ3v) is 4.81. The summed E-state index contributed by atoms with van der Waals surface area (Å²) in [7, 11) is 0. The summed E-state index contributed by atoms with van der Waals surface area (Å²) >= 11 is 4.62. The van der Waals surface area contributed by atoms with Crippen molar-refractivity contribution >= 4 is 39.1 Å². The zero-order valence-electron chi connectivity index (χ0n) is 12.1. The average molecular weight is 381 g/mol. The van der Waals surface area contributed by atoms with Gasteiger partial charge in [0.15, 0.2) is 0 Å². The Balaban J connectivity index is 1.98. The van der Waals surface area contributed by atoms with Gasteiger partial charge in [0, 0.05) is 0 Å². The Morgan fingerprint density at radius 1 is 1.14 bits per heavy atom. The third kappa shape index (κ3) is 4.42. The van der Waals surface area contributed by atoms with Crippen LogP contribution in [0.5, 0.6) is 0 Å². The van der Waals surface area contributed by atoms with Gasteiger partial charge >= 0.3 is 0 Å². The highest BCUT2D eigenvalue weighted by Gasteiger charge is 2.20. The normalized spacial score (nSPS) is 11.7. The molecule has 116 valence electrons. The molecule has 0 saturated carbocycles. The highest BCUT2D eigenvalue weighted by Crippen LogP contribution is 2.22. The lowest BCUT2D eigenvalue weighted by molar-refractivity contribution is -0.123. The number of hydrogen-bond acceptors (Lipinski definition) is 3. The first kappa shape index (κ1) is 16.7. The van der Waals surface area contributed by atoms with Gasteiger partial charge in [0.05, 0.1) is 14.6 Å². The van der Waals surface area contributed by atoms with Crippen LogP contribution in [0.3, 0.4) is 0 Å². The monoisotopic (exact) mass is 380 g/mol. The van der Waals surface area contributed by atoms with Gasteiger partial charge in [0.1, 0.15) is 0 Å². The summed E-state index contributed by atoms with van der Waals surface area (Å²) in [4.78, 5) is 24.8. The van der Waals surface area contributed by atoms with Gasteiger partial charge in [-0.25, -0.2) is 0 Å². The number of thiophene rings is 1. The Bertz CT molecular complexity index is 643. The summed E-state index contributed by atoms with van der Waals surface area (Å²) in [5, 5.41) is 0. The van der Waals surface area contributed by atoms with Gasteiger partial charge in [0.2, 0.25) is 5.91 Å². The summed E-state index contributed by atoms with van der Waals surface area (Å²) in [6.45, 7) is 2.03. The summed E-state index contributed by atoms with van der Waals surface area (Å²) < 4.78 is 0.872. The van der Waals surface area contributed by atoms with Crippen molar-refractivity contribution in [3.8, 4) is 0 Å². The Morgan fingerprint density at radius 3 is 2.45 bits per heavy atom. The molecular formula is C16H17BrN2O2S. The smallest absolute Gasteiger partial charge is 0.273 e. The second-order valence-corrected chi connectivity index (χ2v) is 7.26. The standard InChI is InChI=1S/C16H17BrN2O2S/c1-2-6-12(11-7-4-3-5-8-11)15(20)18-19-16(21)13-9-10-14(17)22-13/h3-5,7-10,12H,2,6H2,1H3,(H,18,20)(H,19,21). The maximum absolute atomic E-state index is 12.3. The molecule has 2 aromatic rings. The molecule has 2 amide bonds. The molecule has 1 aromatic carbocycles. The highest BCUT2D eigenvalue weighted by atomic mass is 79.9. The molecule has 2 N–H and O–H groups in total. The van der Waals surface area contributed by atoms with E-state index in [1.165, 1.54) is 11.3 Å². The van der Waals surface area contributed by atoms with Gasteiger partial charge in [-0.3, -0.25) is 20.4 Å². The van der Waals surface area contributed by atoms with E-state index in [0.29, 0.717) is 4.88 Å². The van der Waals surface area contributed by atoms with Crippen LogP contribution in [0.1, 0.15) is 40.9 Å². The van der Waals surface area contributed by atoms with E-state index in [-0.39, 0.29) is 17.7 Å². The van der Waals surface area contributed by atoms with Gasteiger partial charge in [-0.2, -0.15) is 0 Å². The minimum Gasteiger partial charge on any atom is -0.273 e. The molecule has 0 aliphatic carbocycles. The van der Waals surface area contributed by atoms with Crippen molar-refractivity contribution in [3.63, 3.8) is 0 Å². The van der Waals surface area contributed by atoms with E-state index in [9.17, 15) is 9.59 Å². The summed E-state index contributed by atoms with van der Waals surface area (Å²) in [6.07, 6.45) is 1.62. The topological polar surface area (TPSA) is 58.2 Å². The fourth-order valence-corrected chi connectivity index (χ4v) is 3.41. The van der Waals surface area contributed by atoms with E-state index in [4.69, 9.17) is 0 Å². The molecule has 4 nitrogen and oxygen atoms in total. The van der Waals surface area contributed by atoms with Crippen LogP contribution in [0, 0.1) is 0 Å². The van der Waals surface area contributed by atoms with Crippen LogP contribution in [0.25, 0.3) is 0 Å². The minimum atomic E-state index is -0.313. The zero-order chi connectivity index (χ0) is 15.9. The van der Waals surface area contributed by atoms with Crippen LogP contribution in [-0.4, -0.2) is 11.8 Å². The van der Waals surface area contributed by atoms with Crippen molar-refractivity contribution in [1.29, 1.82) is 0 Å². The zero-order valence-corrected chi connectivity index (χ0v) is 14.5. The van der Waals surface area contributed by atoms with Gasteiger partial charge < -0.3 is 0 Å². The van der Waals surface area contributed by atoms with Crippen molar-refractivity contribution < 1.29 is 9.59 Å². The Kier molecular flexibility index (Phi) is 6.15. The number of hydrogen-bond donors (Lipinski definition) is 2. The van der Waals surface area contributed by atoms with E-state index >= 15 is 0 Å². The maximum atomic E-state index is 12.3. The van der Waals surface area contributed by atoms with Gasteiger partial charge in [-0.15, -0.1) is 11.3 Å². The van der Waals surface area contributed by atoms with Gasteiger partial charge in [-0.05, 0) is 40.0 Å². The summed E-state index contributed by atoms with van der Waals surface area (Å²) in [6, 6.07) is 13.1. The number of hydrazine groups is 1. The molecule has 6 heteroatoms. The van der Waals surface area contributed by atoms with E-state index in [2.05, 4.69) is 26.8 Å². The number of benzene rings is 1. The minimum absolute atomic E-state index is 0.197. The Morgan fingerprint density at radius 2 is 1.86 bits per heavy atom. The second kappa shape index (κ2) is 8.10. The van der Waals surface area contributed by atoms with Crippen molar-refractivity contribution in [2.45, 2.75) is 25.7 Å². The molecule has 1 atom stereocenters. The van der Waals surface area contributed by atoms with Crippen LogP contribution in [-0.2, 0) is 4.79 Å². The molecule has 0 spiro atoms. The average Bonchev–Trinajstić information content (AvgIpc) is 2.97. The molecule has 0 radical (unpaired) electrons. The molecule has 1 heterocycles. The van der Waals surface area contributed by atoms with Crippen LogP contribution in [0.4, 0.5) is 0 Å². The predicted molar refractivity (Wildman–Crippen MR) is 91.7 cm³/mol. The lowest BCUT2D eigenvalue weighted by Gasteiger charge is -2.16. The molecule has 0 aliphatic heterocycles. The fraction of sp³-hybridized carbons (Fsp3) is 0.250. The van der Waals surface area contributed by atoms with Crippen molar-refractivity contribution in [2.75, 3.05) is 0 Å². The molecule has 1 unspecified atom stereocenters. The van der Waals surface area contributed by atoms with Gasteiger partial charge in [0.25, 0.3) is 5.91 Å². The number of halogens is 1. The SMILES string of the molecule is CCCC(C(=O)NNC(=O)c1ccc(Br)s1)c1ccccc1. The third-order valence-electron chi connectivity index (χ3n) is 3.19. The van der Waals surface area contributed by atoms with Crippen molar-refractivity contribution in [1.82, 2.24) is 10.9 Å². The molecule has 22 heavy (non-hydrogen) atoms. The first-order chi connectivity index (χ1) is 10.6. The van der Waals surface area contributed by atoms with Crippen LogP contribution >= 0.6 is 27.3 Å². The molecular weight excluding hydrogens is 364 g/mol. The van der Waals surface area contributed by atoms with E-state index < -0.39 is 0 Å². The number of rotatable bonds is 5. The van der Waals surface area contributed by atoms with Crippen molar-refractivity contribution in [2.24, 2.45) is 0 Å². The number of nitrogens with one attached hydrogen (secondary N) is 2. The molecule has 0 fully saturated rings. The Labute approximate surface area is 142 Å². The second-order valence-electron chi connectivity index (χ2n) is 4.80. The highest BCUT2D eigenvalue weighted by molar-refractivity contribution is 9.11. The first-order valence-electron chi connectivity index (χ1n) is 7.02. The van der Waals surface area contributed by atoms with Crippen molar-refractivity contribution in [3.05, 3.63) is 56.7 Å². The van der Waals surface area contributed by atoms with Crippen LogP contribution in [0.15, 0.2) is 46.3 Å². The van der Waals surface area contributed by atoms with E-state index in [1.807, 2.05) is 37.3 Å². The molecule has 0 aliphatic rings. The lowest BCUT2D eigenvalue weighted by Crippen LogP contribution is -2.43. The predicted octanol–water partition coefficient (Wildman–Crippen LogP) is 3.86. The summed E-state index contributed by atoms with van der Waals surface area (Å²) in [5.41, 5.74) is 5.95. The molecule has 0 bridgehead atoms. The number of carbonyl (C=O) groups is 2.